The quantitative estimate of drug-likeness (QED) is 0.170. The van der Waals surface area contributed by atoms with Crippen molar-refractivity contribution in [3.05, 3.63) is 194 Å². The van der Waals surface area contributed by atoms with E-state index in [4.69, 9.17) is 19.9 Å². The summed E-state index contributed by atoms with van der Waals surface area (Å²) in [6.45, 7) is 0. The van der Waals surface area contributed by atoms with Gasteiger partial charge in [-0.1, -0.05) is 176 Å². The number of nitrogens with zero attached hydrogens (tertiary/aromatic N) is 4. The second kappa shape index (κ2) is 13.7. The Kier molecular flexibility index (Phi) is 8.16. The van der Waals surface area contributed by atoms with E-state index in [0.717, 1.165) is 66.7 Å². The molecule has 7 aromatic carbocycles. The molecular weight excluding hydrogens is 633 g/mol. The molecular formula is C48H32N4. The van der Waals surface area contributed by atoms with Crippen LogP contribution < -0.4 is 0 Å². The largest absolute Gasteiger partial charge is 0.248 e. The van der Waals surface area contributed by atoms with E-state index >= 15 is 0 Å². The van der Waals surface area contributed by atoms with Gasteiger partial charge in [-0.15, -0.1) is 0 Å². The normalized spacial score (nSPS) is 11.1. The maximum atomic E-state index is 5.12. The molecule has 0 amide bonds. The minimum absolute atomic E-state index is 0.643. The summed E-state index contributed by atoms with van der Waals surface area (Å²) >= 11 is 0. The minimum atomic E-state index is 0.643. The summed E-state index contributed by atoms with van der Waals surface area (Å²) in [7, 11) is 0. The third kappa shape index (κ3) is 6.26. The van der Waals surface area contributed by atoms with Crippen LogP contribution in [0.15, 0.2) is 194 Å². The molecule has 4 heteroatoms. The molecule has 2 aromatic heterocycles. The van der Waals surface area contributed by atoms with Gasteiger partial charge >= 0.3 is 0 Å². The Morgan fingerprint density at radius 3 is 1.25 bits per heavy atom. The molecule has 0 saturated carbocycles. The van der Waals surface area contributed by atoms with E-state index in [9.17, 15) is 0 Å². The maximum absolute atomic E-state index is 5.12. The average Bonchev–Trinajstić information content (AvgIpc) is 3.24. The maximum Gasteiger partial charge on any atom is 0.164 e. The topological polar surface area (TPSA) is 51.6 Å². The van der Waals surface area contributed by atoms with Gasteiger partial charge < -0.3 is 0 Å². The summed E-state index contributed by atoms with van der Waals surface area (Å²) in [6, 6.07) is 67.0. The summed E-state index contributed by atoms with van der Waals surface area (Å²) < 4.78 is 0. The number of hydrogen-bond acceptors (Lipinski definition) is 4. The van der Waals surface area contributed by atoms with Gasteiger partial charge in [0.2, 0.25) is 0 Å². The van der Waals surface area contributed by atoms with Crippen molar-refractivity contribution < 1.29 is 0 Å². The van der Waals surface area contributed by atoms with Crippen molar-refractivity contribution in [2.75, 3.05) is 0 Å². The van der Waals surface area contributed by atoms with Gasteiger partial charge in [0, 0.05) is 27.8 Å². The van der Waals surface area contributed by atoms with Crippen LogP contribution in [0.3, 0.4) is 0 Å². The highest BCUT2D eigenvalue weighted by molar-refractivity contribution is 5.98. The molecule has 244 valence electrons. The van der Waals surface area contributed by atoms with Crippen LogP contribution in [0, 0.1) is 0 Å². The Morgan fingerprint density at radius 2 is 0.692 bits per heavy atom. The molecule has 0 aliphatic heterocycles. The Hall–Kier alpha value is -7.04. The van der Waals surface area contributed by atoms with Gasteiger partial charge in [0.15, 0.2) is 17.5 Å². The summed E-state index contributed by atoms with van der Waals surface area (Å²) in [6.07, 6.45) is 0. The van der Waals surface area contributed by atoms with Crippen LogP contribution >= 0.6 is 0 Å². The first-order valence-corrected chi connectivity index (χ1v) is 17.4. The molecule has 0 fully saturated rings. The predicted molar refractivity (Wildman–Crippen MR) is 213 cm³/mol. The molecule has 52 heavy (non-hydrogen) atoms. The molecule has 4 nitrogen and oxygen atoms in total. The Bertz CT molecular complexity index is 2530. The first-order valence-electron chi connectivity index (χ1n) is 17.4. The van der Waals surface area contributed by atoms with Gasteiger partial charge in [-0.2, -0.15) is 0 Å². The second-order valence-corrected chi connectivity index (χ2v) is 12.7. The zero-order chi connectivity index (χ0) is 34.7. The number of pyridine rings is 1. The molecule has 0 N–H and O–H groups in total. The molecule has 9 rings (SSSR count). The number of aromatic nitrogens is 4. The molecule has 0 bridgehead atoms. The lowest BCUT2D eigenvalue weighted by Crippen LogP contribution is -2.00. The van der Waals surface area contributed by atoms with Gasteiger partial charge in [0.1, 0.15) is 0 Å². The number of hydrogen-bond donors (Lipinski definition) is 0. The van der Waals surface area contributed by atoms with Crippen molar-refractivity contribution in [3.8, 4) is 78.9 Å². The van der Waals surface area contributed by atoms with Gasteiger partial charge in [-0.05, 0) is 51.2 Å². The fraction of sp³-hybridized carbons (Fsp3) is 0. The van der Waals surface area contributed by atoms with Gasteiger partial charge in [0.25, 0.3) is 0 Å². The summed E-state index contributed by atoms with van der Waals surface area (Å²) in [5.41, 5.74) is 11.5. The molecule has 0 aliphatic carbocycles. The van der Waals surface area contributed by atoms with Crippen molar-refractivity contribution in [2.45, 2.75) is 0 Å². The average molecular weight is 665 g/mol. The van der Waals surface area contributed by atoms with Crippen molar-refractivity contribution in [2.24, 2.45) is 0 Å². The molecule has 0 spiro atoms. The van der Waals surface area contributed by atoms with Crippen LogP contribution in [0.1, 0.15) is 0 Å². The first kappa shape index (κ1) is 31.0. The lowest BCUT2D eigenvalue weighted by Gasteiger charge is -2.12. The van der Waals surface area contributed by atoms with E-state index in [0.29, 0.717) is 17.5 Å². The number of benzene rings is 7. The molecule has 0 saturated heterocycles. The highest BCUT2D eigenvalue weighted by Crippen LogP contribution is 2.35. The fourth-order valence-corrected chi connectivity index (χ4v) is 6.67. The Balaban J connectivity index is 1.08. The van der Waals surface area contributed by atoms with Crippen molar-refractivity contribution in [1.29, 1.82) is 0 Å². The van der Waals surface area contributed by atoms with Crippen LogP contribution in [0.4, 0.5) is 0 Å². The molecule has 0 aliphatic rings. The van der Waals surface area contributed by atoms with Gasteiger partial charge in [-0.25, -0.2) is 19.9 Å². The smallest absolute Gasteiger partial charge is 0.164 e. The van der Waals surface area contributed by atoms with E-state index in [-0.39, 0.29) is 0 Å². The standard InChI is InChI=1S/C48H32N4/c1-5-14-33(15-6-1)41-31-44(35-16-7-2-8-17-35)49-45(32-41)36-26-24-34(25-27-36)42-23-13-22-39-30-40(28-29-43(39)42)48-51-46(37-18-9-3-10-19-37)50-47(52-48)38-20-11-4-12-21-38/h1-32H. The van der Waals surface area contributed by atoms with Crippen LogP contribution in [0.25, 0.3) is 89.7 Å². The molecule has 0 unspecified atom stereocenters. The van der Waals surface area contributed by atoms with Crippen molar-refractivity contribution >= 4 is 10.8 Å². The minimum Gasteiger partial charge on any atom is -0.248 e. The molecule has 0 radical (unpaired) electrons. The fourth-order valence-electron chi connectivity index (χ4n) is 6.67. The summed E-state index contributed by atoms with van der Waals surface area (Å²) in [4.78, 5) is 19.9. The lowest BCUT2D eigenvalue weighted by atomic mass is 9.95. The third-order valence-electron chi connectivity index (χ3n) is 9.33. The van der Waals surface area contributed by atoms with Crippen molar-refractivity contribution in [3.63, 3.8) is 0 Å². The monoisotopic (exact) mass is 664 g/mol. The zero-order valence-electron chi connectivity index (χ0n) is 28.3. The summed E-state index contributed by atoms with van der Waals surface area (Å²) in [5, 5.41) is 2.28. The lowest BCUT2D eigenvalue weighted by molar-refractivity contribution is 1.07. The highest BCUT2D eigenvalue weighted by Gasteiger charge is 2.14. The first-order chi connectivity index (χ1) is 25.7. The van der Waals surface area contributed by atoms with E-state index in [1.807, 2.05) is 72.8 Å². The Morgan fingerprint density at radius 1 is 0.250 bits per heavy atom. The van der Waals surface area contributed by atoms with Crippen LogP contribution in [0.5, 0.6) is 0 Å². The van der Waals surface area contributed by atoms with Crippen LogP contribution in [0.2, 0.25) is 0 Å². The third-order valence-corrected chi connectivity index (χ3v) is 9.33. The van der Waals surface area contributed by atoms with E-state index < -0.39 is 0 Å². The molecule has 9 aromatic rings. The van der Waals surface area contributed by atoms with Gasteiger partial charge in [-0.3, -0.25) is 0 Å². The zero-order valence-corrected chi connectivity index (χ0v) is 28.3. The number of rotatable bonds is 7. The summed E-state index contributed by atoms with van der Waals surface area (Å²) in [5.74, 6) is 1.95. The van der Waals surface area contributed by atoms with Crippen molar-refractivity contribution in [1.82, 2.24) is 19.9 Å². The predicted octanol–water partition coefficient (Wildman–Crippen LogP) is 12.1. The SMILES string of the molecule is c1ccc(-c2cc(-c3ccccc3)nc(-c3ccc(-c4cccc5cc(-c6nc(-c7ccccc7)nc(-c7ccccc7)n6)ccc45)cc3)c2)cc1. The highest BCUT2D eigenvalue weighted by atomic mass is 15.0. The van der Waals surface area contributed by atoms with Crippen LogP contribution in [-0.2, 0) is 0 Å². The molecule has 0 atom stereocenters. The van der Waals surface area contributed by atoms with Crippen LogP contribution in [-0.4, -0.2) is 19.9 Å². The van der Waals surface area contributed by atoms with E-state index in [1.54, 1.807) is 0 Å². The second-order valence-electron chi connectivity index (χ2n) is 12.7. The number of fused-ring (bicyclic) bond motifs is 1. The molecule has 2 heterocycles. The Labute approximate surface area is 302 Å². The van der Waals surface area contributed by atoms with E-state index in [2.05, 4.69) is 121 Å². The van der Waals surface area contributed by atoms with E-state index in [1.165, 1.54) is 5.56 Å². The van der Waals surface area contributed by atoms with Gasteiger partial charge in [0.05, 0.1) is 11.4 Å².